The molecule has 13 heavy (non-hydrogen) atoms. The van der Waals surface area contributed by atoms with Crippen molar-refractivity contribution in [3.8, 4) is 0 Å². The highest BCUT2D eigenvalue weighted by atomic mass is 16.5. The van der Waals surface area contributed by atoms with Gasteiger partial charge in [0.1, 0.15) is 6.04 Å². The van der Waals surface area contributed by atoms with E-state index in [-0.39, 0.29) is 24.4 Å². The first-order valence-corrected chi connectivity index (χ1v) is 4.39. The van der Waals surface area contributed by atoms with Crippen LogP contribution in [0.5, 0.6) is 0 Å². The van der Waals surface area contributed by atoms with Gasteiger partial charge in [0.05, 0.1) is 13.2 Å². The van der Waals surface area contributed by atoms with Crippen molar-refractivity contribution in [2.45, 2.75) is 19.4 Å². The lowest BCUT2D eigenvalue weighted by molar-refractivity contribution is -0.135. The normalized spacial score (nSPS) is 23.0. The average molecular weight is 186 g/mol. The zero-order chi connectivity index (χ0) is 9.68. The number of imide groups is 1. The summed E-state index contributed by atoms with van der Waals surface area (Å²) in [6.07, 6.45) is 0.924. The van der Waals surface area contributed by atoms with Crippen LogP contribution >= 0.6 is 0 Å². The molecule has 1 atom stereocenters. The molecule has 2 N–H and O–H groups in total. The molecule has 1 saturated heterocycles. The molecule has 0 spiro atoms. The Kier molecular flexibility index (Phi) is 3.85. The smallest absolute Gasteiger partial charge is 0.246 e. The van der Waals surface area contributed by atoms with Gasteiger partial charge in [0, 0.05) is 6.61 Å². The van der Waals surface area contributed by atoms with Crippen LogP contribution in [-0.4, -0.2) is 37.6 Å². The first-order valence-electron chi connectivity index (χ1n) is 4.39. The van der Waals surface area contributed by atoms with Crippen LogP contribution in [0, 0.1) is 0 Å². The quantitative estimate of drug-likeness (QED) is 0.438. The Balaban J connectivity index is 2.26. The monoisotopic (exact) mass is 186 g/mol. The highest BCUT2D eigenvalue weighted by molar-refractivity contribution is 6.01. The van der Waals surface area contributed by atoms with E-state index in [2.05, 4.69) is 10.6 Å². The number of carbonyl (C=O) groups is 2. The van der Waals surface area contributed by atoms with Gasteiger partial charge in [-0.05, 0) is 6.42 Å². The lowest BCUT2D eigenvalue weighted by Gasteiger charge is -2.21. The molecule has 1 aliphatic heterocycles. The highest BCUT2D eigenvalue weighted by Gasteiger charge is 2.25. The summed E-state index contributed by atoms with van der Waals surface area (Å²) in [5.74, 6) is -0.580. The standard InChI is InChI=1S/C8H14N2O3/c1-2-3-13-5-6-8(12)10-7(11)4-9-6/h6,9H,2-5H2,1H3,(H,10,11,12). The summed E-state index contributed by atoms with van der Waals surface area (Å²) in [4.78, 5) is 21.8. The van der Waals surface area contributed by atoms with Crippen LogP contribution in [0.25, 0.3) is 0 Å². The van der Waals surface area contributed by atoms with Gasteiger partial charge in [0.2, 0.25) is 11.8 Å². The van der Waals surface area contributed by atoms with Gasteiger partial charge < -0.3 is 4.74 Å². The van der Waals surface area contributed by atoms with Crippen LogP contribution in [0.15, 0.2) is 0 Å². The van der Waals surface area contributed by atoms with Crippen LogP contribution in [-0.2, 0) is 14.3 Å². The van der Waals surface area contributed by atoms with Gasteiger partial charge in [-0.3, -0.25) is 20.2 Å². The third-order valence-corrected chi connectivity index (χ3v) is 1.72. The Morgan fingerprint density at radius 2 is 2.31 bits per heavy atom. The molecule has 5 nitrogen and oxygen atoms in total. The zero-order valence-corrected chi connectivity index (χ0v) is 7.63. The Morgan fingerprint density at radius 3 is 2.92 bits per heavy atom. The van der Waals surface area contributed by atoms with E-state index in [4.69, 9.17) is 4.74 Å². The SMILES string of the molecule is CCCOCC1NCC(=O)NC1=O. The van der Waals surface area contributed by atoms with Gasteiger partial charge in [-0.2, -0.15) is 0 Å². The molecule has 2 amide bonds. The van der Waals surface area contributed by atoms with Crippen molar-refractivity contribution in [3.63, 3.8) is 0 Å². The van der Waals surface area contributed by atoms with E-state index in [9.17, 15) is 9.59 Å². The van der Waals surface area contributed by atoms with Crippen molar-refractivity contribution >= 4 is 11.8 Å². The molecule has 0 saturated carbocycles. The summed E-state index contributed by atoms with van der Waals surface area (Å²) in [7, 11) is 0. The highest BCUT2D eigenvalue weighted by Crippen LogP contribution is 1.92. The maximum atomic E-state index is 11.1. The molecular formula is C8H14N2O3. The molecule has 0 aromatic rings. The second-order valence-corrected chi connectivity index (χ2v) is 2.92. The van der Waals surface area contributed by atoms with Crippen LogP contribution < -0.4 is 10.6 Å². The third kappa shape index (κ3) is 3.12. The number of ether oxygens (including phenoxy) is 1. The Morgan fingerprint density at radius 1 is 1.54 bits per heavy atom. The van der Waals surface area contributed by atoms with Gasteiger partial charge in [-0.15, -0.1) is 0 Å². The predicted octanol–water partition coefficient (Wildman–Crippen LogP) is -0.972. The lowest BCUT2D eigenvalue weighted by Crippen LogP contribution is -2.57. The van der Waals surface area contributed by atoms with Gasteiger partial charge in [-0.1, -0.05) is 6.92 Å². The van der Waals surface area contributed by atoms with Crippen LogP contribution in [0.4, 0.5) is 0 Å². The van der Waals surface area contributed by atoms with Gasteiger partial charge in [0.25, 0.3) is 0 Å². The lowest BCUT2D eigenvalue weighted by atomic mass is 10.2. The largest absolute Gasteiger partial charge is 0.379 e. The van der Waals surface area contributed by atoms with Gasteiger partial charge in [0.15, 0.2) is 0 Å². The second kappa shape index (κ2) is 4.94. The Bertz CT molecular complexity index is 206. The van der Waals surface area contributed by atoms with Crippen molar-refractivity contribution < 1.29 is 14.3 Å². The fourth-order valence-corrected chi connectivity index (χ4v) is 1.06. The number of hydrogen-bond donors (Lipinski definition) is 2. The van der Waals surface area contributed by atoms with E-state index in [1.807, 2.05) is 6.92 Å². The molecule has 1 aliphatic rings. The Labute approximate surface area is 76.8 Å². The minimum absolute atomic E-state index is 0.186. The summed E-state index contributed by atoms with van der Waals surface area (Å²) < 4.78 is 5.19. The summed E-state index contributed by atoms with van der Waals surface area (Å²) in [6, 6.07) is -0.385. The van der Waals surface area contributed by atoms with E-state index < -0.39 is 0 Å². The number of nitrogens with one attached hydrogen (secondary N) is 2. The van der Waals surface area contributed by atoms with Crippen molar-refractivity contribution in [2.24, 2.45) is 0 Å². The summed E-state index contributed by atoms with van der Waals surface area (Å²) in [5.41, 5.74) is 0. The fourth-order valence-electron chi connectivity index (χ4n) is 1.06. The Hall–Kier alpha value is -0.940. The van der Waals surface area contributed by atoms with Crippen molar-refractivity contribution in [3.05, 3.63) is 0 Å². The van der Waals surface area contributed by atoms with E-state index in [1.165, 1.54) is 0 Å². The molecule has 1 fully saturated rings. The molecule has 1 unspecified atom stereocenters. The van der Waals surface area contributed by atoms with Crippen molar-refractivity contribution in [1.82, 2.24) is 10.6 Å². The molecular weight excluding hydrogens is 172 g/mol. The summed E-state index contributed by atoms with van der Waals surface area (Å²) >= 11 is 0. The number of carbonyl (C=O) groups excluding carboxylic acids is 2. The minimum atomic E-state index is -0.385. The van der Waals surface area contributed by atoms with E-state index in [0.717, 1.165) is 6.42 Å². The van der Waals surface area contributed by atoms with Crippen molar-refractivity contribution in [1.29, 1.82) is 0 Å². The molecule has 5 heteroatoms. The molecule has 1 heterocycles. The molecule has 74 valence electrons. The molecule has 1 rings (SSSR count). The minimum Gasteiger partial charge on any atom is -0.379 e. The predicted molar refractivity (Wildman–Crippen MR) is 46.1 cm³/mol. The maximum absolute atomic E-state index is 11.1. The number of rotatable bonds is 4. The van der Waals surface area contributed by atoms with E-state index in [0.29, 0.717) is 13.2 Å². The number of amides is 2. The number of hydrogen-bond acceptors (Lipinski definition) is 4. The third-order valence-electron chi connectivity index (χ3n) is 1.72. The molecule has 0 bridgehead atoms. The zero-order valence-electron chi connectivity index (χ0n) is 7.63. The van der Waals surface area contributed by atoms with Crippen LogP contribution in [0.1, 0.15) is 13.3 Å². The second-order valence-electron chi connectivity index (χ2n) is 2.92. The molecule has 0 aromatic heterocycles. The van der Waals surface area contributed by atoms with Crippen molar-refractivity contribution in [2.75, 3.05) is 19.8 Å². The molecule has 0 aromatic carbocycles. The topological polar surface area (TPSA) is 67.4 Å². The van der Waals surface area contributed by atoms with Crippen LogP contribution in [0.2, 0.25) is 0 Å². The molecule has 0 aliphatic carbocycles. The van der Waals surface area contributed by atoms with Gasteiger partial charge in [-0.25, -0.2) is 0 Å². The fraction of sp³-hybridized carbons (Fsp3) is 0.750. The van der Waals surface area contributed by atoms with Gasteiger partial charge >= 0.3 is 0 Å². The van der Waals surface area contributed by atoms with E-state index in [1.54, 1.807) is 0 Å². The van der Waals surface area contributed by atoms with Crippen LogP contribution in [0.3, 0.4) is 0 Å². The first-order chi connectivity index (χ1) is 6.24. The summed E-state index contributed by atoms with van der Waals surface area (Å²) in [6.45, 7) is 3.15. The van der Waals surface area contributed by atoms with E-state index >= 15 is 0 Å². The molecule has 0 radical (unpaired) electrons. The maximum Gasteiger partial charge on any atom is 0.246 e. The summed E-state index contributed by atoms with van der Waals surface area (Å²) in [5, 5.41) is 5.03. The number of piperazine rings is 1. The first kappa shape index (κ1) is 10.1. The average Bonchev–Trinajstić information content (AvgIpc) is 2.09.